The monoisotopic (exact) mass is 456 g/mol. The summed E-state index contributed by atoms with van der Waals surface area (Å²) in [5.74, 6) is -0.316. The summed E-state index contributed by atoms with van der Waals surface area (Å²) in [4.78, 5) is 27.5. The van der Waals surface area contributed by atoms with Crippen molar-refractivity contribution in [1.82, 2.24) is 25.1 Å². The first-order chi connectivity index (χ1) is 14.7. The zero-order valence-electron chi connectivity index (χ0n) is 15.7. The molecule has 152 valence electrons. The molecule has 2 N–H and O–H groups in total. The van der Waals surface area contributed by atoms with Crippen molar-refractivity contribution < 1.29 is 9.53 Å². The number of anilines is 1. The summed E-state index contributed by atoms with van der Waals surface area (Å²) in [6.45, 7) is 0.557. The van der Waals surface area contributed by atoms with Crippen molar-refractivity contribution in [3.8, 4) is 0 Å². The Morgan fingerprint density at radius 2 is 2.03 bits per heavy atom. The van der Waals surface area contributed by atoms with Crippen LogP contribution in [-0.4, -0.2) is 38.2 Å². The Labute approximate surface area is 184 Å². The number of amides is 1. The highest BCUT2D eigenvalue weighted by molar-refractivity contribution is 7.99. The molecule has 4 aromatic rings. The molecule has 0 unspecified atom stereocenters. The zero-order chi connectivity index (χ0) is 20.8. The van der Waals surface area contributed by atoms with Gasteiger partial charge in [-0.15, -0.1) is 11.3 Å². The predicted molar refractivity (Wildman–Crippen MR) is 116 cm³/mol. The number of methoxy groups -OCH3 is 1. The molecule has 3 aromatic heterocycles. The maximum Gasteiger partial charge on any atom is 0.277 e. The number of nitrogens with one attached hydrogen (secondary N) is 2. The number of hydrogen-bond acceptors (Lipinski definition) is 9. The van der Waals surface area contributed by atoms with Crippen molar-refractivity contribution in [2.75, 3.05) is 12.4 Å². The van der Waals surface area contributed by atoms with Crippen LogP contribution in [0.4, 0.5) is 5.13 Å². The van der Waals surface area contributed by atoms with Gasteiger partial charge in [0.05, 0.1) is 6.61 Å². The number of carbonyl (C=O) groups is 1. The molecule has 0 radical (unpaired) electrons. The Balaban J connectivity index is 1.61. The average Bonchev–Trinajstić information content (AvgIpc) is 3.45. The summed E-state index contributed by atoms with van der Waals surface area (Å²) >= 11 is 4.12. The third kappa shape index (κ3) is 5.25. The number of aromatic nitrogens is 5. The van der Waals surface area contributed by atoms with E-state index in [2.05, 4.69) is 30.5 Å². The molecule has 3 heterocycles. The Morgan fingerprint density at radius 3 is 2.73 bits per heavy atom. The first kappa shape index (κ1) is 20.5. The number of ether oxygens (including phenoxy) is 1. The number of H-pyrrole nitrogens is 1. The van der Waals surface area contributed by atoms with E-state index in [1.807, 2.05) is 36.4 Å². The molecule has 0 aliphatic rings. The van der Waals surface area contributed by atoms with Crippen LogP contribution in [0.2, 0.25) is 0 Å². The van der Waals surface area contributed by atoms with E-state index in [1.54, 1.807) is 18.7 Å². The number of hydrogen-bond donors (Lipinski definition) is 2. The molecule has 0 aliphatic carbocycles. The second-order valence-corrected chi connectivity index (χ2v) is 8.88. The van der Waals surface area contributed by atoms with Gasteiger partial charge in [-0.05, 0) is 41.6 Å². The lowest BCUT2D eigenvalue weighted by Gasteiger charge is -2.10. The fraction of sp³-hybridized carbons (Fsp3) is 0.105. The van der Waals surface area contributed by atoms with Crippen LogP contribution in [-0.2, 0) is 11.3 Å². The summed E-state index contributed by atoms with van der Waals surface area (Å²) in [5.41, 5.74) is 1.40. The van der Waals surface area contributed by atoms with Crippen LogP contribution >= 0.6 is 34.9 Å². The largest absolute Gasteiger partial charge is 0.380 e. The topological polar surface area (TPSA) is 106 Å². The fourth-order valence-electron chi connectivity index (χ4n) is 2.46. The van der Waals surface area contributed by atoms with Gasteiger partial charge >= 0.3 is 0 Å². The molecule has 0 fully saturated rings. The number of aromatic amines is 1. The highest BCUT2D eigenvalue weighted by atomic mass is 32.2. The van der Waals surface area contributed by atoms with Crippen molar-refractivity contribution in [3.63, 3.8) is 0 Å². The van der Waals surface area contributed by atoms with E-state index in [9.17, 15) is 4.79 Å². The Bertz CT molecular complexity index is 1100. The highest BCUT2D eigenvalue weighted by Crippen LogP contribution is 2.33. The molecule has 1 aromatic carbocycles. The van der Waals surface area contributed by atoms with Crippen LogP contribution in [0.15, 0.2) is 74.3 Å². The first-order valence-corrected chi connectivity index (χ1v) is 11.2. The molecule has 8 nitrogen and oxygen atoms in total. The minimum atomic E-state index is -0.316. The van der Waals surface area contributed by atoms with Crippen molar-refractivity contribution in [1.29, 1.82) is 0 Å². The molecule has 0 saturated carbocycles. The van der Waals surface area contributed by atoms with Crippen molar-refractivity contribution in [3.05, 3.63) is 65.6 Å². The van der Waals surface area contributed by atoms with Crippen LogP contribution in [0, 0.1) is 0 Å². The number of benzene rings is 1. The number of rotatable bonds is 8. The molecule has 0 atom stereocenters. The van der Waals surface area contributed by atoms with Gasteiger partial charge in [0.1, 0.15) is 17.0 Å². The third-order valence-electron chi connectivity index (χ3n) is 3.76. The molecule has 0 saturated heterocycles. The van der Waals surface area contributed by atoms with E-state index >= 15 is 0 Å². The number of nitrogens with zero attached hydrogens (tertiary/aromatic N) is 4. The predicted octanol–water partition coefficient (Wildman–Crippen LogP) is 4.36. The lowest BCUT2D eigenvalue weighted by molar-refractivity contribution is 0.101. The maximum atomic E-state index is 12.9. The Kier molecular flexibility index (Phi) is 6.74. The van der Waals surface area contributed by atoms with E-state index in [-0.39, 0.29) is 5.91 Å². The zero-order valence-corrected chi connectivity index (χ0v) is 18.2. The van der Waals surface area contributed by atoms with Gasteiger partial charge in [0.15, 0.2) is 10.3 Å². The molecule has 11 heteroatoms. The second kappa shape index (κ2) is 9.85. The van der Waals surface area contributed by atoms with Crippen LogP contribution in [0.25, 0.3) is 0 Å². The van der Waals surface area contributed by atoms with E-state index in [0.29, 0.717) is 27.6 Å². The third-order valence-corrected chi connectivity index (χ3v) is 6.33. The summed E-state index contributed by atoms with van der Waals surface area (Å²) in [6, 6.07) is 11.7. The molecule has 0 spiro atoms. The molecular weight excluding hydrogens is 440 g/mol. The summed E-state index contributed by atoms with van der Waals surface area (Å²) in [5, 5.41) is 13.0. The average molecular weight is 457 g/mol. The molecule has 0 aliphatic heterocycles. The fourth-order valence-corrected chi connectivity index (χ4v) is 4.55. The van der Waals surface area contributed by atoms with Crippen LogP contribution in [0.1, 0.15) is 16.1 Å². The van der Waals surface area contributed by atoms with Gasteiger partial charge in [0.25, 0.3) is 5.91 Å². The van der Waals surface area contributed by atoms with Gasteiger partial charge < -0.3 is 4.74 Å². The highest BCUT2D eigenvalue weighted by Gasteiger charge is 2.18. The van der Waals surface area contributed by atoms with Gasteiger partial charge in [0.2, 0.25) is 0 Å². The lowest BCUT2D eigenvalue weighted by Crippen LogP contribution is -2.15. The van der Waals surface area contributed by atoms with Gasteiger partial charge in [-0.25, -0.2) is 15.0 Å². The molecule has 1 amide bonds. The van der Waals surface area contributed by atoms with Crippen LogP contribution in [0.3, 0.4) is 0 Å². The summed E-state index contributed by atoms with van der Waals surface area (Å²) in [6.07, 6.45) is 3.07. The molecular formula is C19H16N6O2S3. The van der Waals surface area contributed by atoms with Gasteiger partial charge in [-0.3, -0.25) is 15.2 Å². The van der Waals surface area contributed by atoms with Gasteiger partial charge in [0, 0.05) is 28.5 Å². The molecule has 30 heavy (non-hydrogen) atoms. The SMILES string of the molecule is COCc1ccc(Sc2ccc(Sc3ncn[nH]3)nc2C(=O)Nc2nccs2)cc1. The summed E-state index contributed by atoms with van der Waals surface area (Å²) < 4.78 is 5.15. The first-order valence-electron chi connectivity index (χ1n) is 8.72. The number of pyridine rings is 1. The number of carbonyl (C=O) groups excluding carboxylic acids is 1. The minimum Gasteiger partial charge on any atom is -0.380 e. The Morgan fingerprint density at radius 1 is 1.17 bits per heavy atom. The maximum absolute atomic E-state index is 12.9. The smallest absolute Gasteiger partial charge is 0.277 e. The van der Waals surface area contributed by atoms with E-state index in [1.165, 1.54) is 41.2 Å². The van der Waals surface area contributed by atoms with Crippen molar-refractivity contribution in [2.45, 2.75) is 26.6 Å². The second-order valence-electron chi connectivity index (χ2n) is 5.86. The van der Waals surface area contributed by atoms with E-state index in [0.717, 1.165) is 15.4 Å². The van der Waals surface area contributed by atoms with Crippen LogP contribution in [0.5, 0.6) is 0 Å². The standard InChI is InChI=1S/C19H16N6O2S3/c1-27-10-12-2-4-13(5-3-12)29-14-6-7-15(30-19-21-11-22-25-19)23-16(14)17(26)24-18-20-8-9-28-18/h2-9,11H,10H2,1H3,(H,20,24,26)(H,21,22,25). The molecule has 4 rings (SSSR count). The normalized spacial score (nSPS) is 10.8. The van der Waals surface area contributed by atoms with E-state index in [4.69, 9.17) is 4.74 Å². The number of thiazole rings is 1. The molecule has 0 bridgehead atoms. The van der Waals surface area contributed by atoms with Gasteiger partial charge in [-0.1, -0.05) is 23.9 Å². The van der Waals surface area contributed by atoms with Crippen molar-refractivity contribution >= 4 is 45.9 Å². The quantitative estimate of drug-likeness (QED) is 0.403. The minimum absolute atomic E-state index is 0.316. The summed E-state index contributed by atoms with van der Waals surface area (Å²) in [7, 11) is 1.67. The van der Waals surface area contributed by atoms with Gasteiger partial charge in [-0.2, -0.15) is 5.10 Å². The van der Waals surface area contributed by atoms with Crippen LogP contribution < -0.4 is 5.32 Å². The lowest BCUT2D eigenvalue weighted by atomic mass is 10.2. The van der Waals surface area contributed by atoms with Crippen molar-refractivity contribution in [2.24, 2.45) is 0 Å². The van der Waals surface area contributed by atoms with E-state index < -0.39 is 0 Å². The Hall–Kier alpha value is -2.73.